The van der Waals surface area contributed by atoms with Gasteiger partial charge in [0.05, 0.1) is 0 Å². The zero-order valence-corrected chi connectivity index (χ0v) is 12.2. The van der Waals surface area contributed by atoms with Gasteiger partial charge in [-0.3, -0.25) is 4.79 Å². The standard InChI is InChI=1S/C14H20ClN3O/c1-9-4-3-5-11(6-9)8-16-13(19)12-7-10(2)17-14(15)18-12/h7,9,11H,3-6,8H2,1-2H3,(H,16,19). The van der Waals surface area contributed by atoms with E-state index < -0.39 is 0 Å². The fourth-order valence-electron chi connectivity index (χ4n) is 2.72. The van der Waals surface area contributed by atoms with Crippen molar-refractivity contribution in [2.75, 3.05) is 6.54 Å². The lowest BCUT2D eigenvalue weighted by atomic mass is 9.82. The average molecular weight is 282 g/mol. The Hall–Kier alpha value is -1.16. The Labute approximate surface area is 119 Å². The minimum absolute atomic E-state index is 0.122. The Kier molecular flexibility index (Phi) is 4.75. The number of nitrogens with zero attached hydrogens (tertiary/aromatic N) is 2. The molecule has 2 atom stereocenters. The zero-order valence-electron chi connectivity index (χ0n) is 11.4. The summed E-state index contributed by atoms with van der Waals surface area (Å²) in [7, 11) is 0. The van der Waals surface area contributed by atoms with E-state index in [1.165, 1.54) is 25.7 Å². The van der Waals surface area contributed by atoms with E-state index in [9.17, 15) is 4.79 Å². The predicted octanol–water partition coefficient (Wildman–Crippen LogP) is 2.99. The van der Waals surface area contributed by atoms with Crippen LogP contribution in [0.3, 0.4) is 0 Å². The Balaban J connectivity index is 1.90. The van der Waals surface area contributed by atoms with Crippen LogP contribution in [0.25, 0.3) is 0 Å². The van der Waals surface area contributed by atoms with Crippen molar-refractivity contribution < 1.29 is 4.79 Å². The van der Waals surface area contributed by atoms with Crippen LogP contribution in [0.4, 0.5) is 0 Å². The first-order chi connectivity index (χ1) is 9.04. The Morgan fingerprint density at radius 2 is 2.26 bits per heavy atom. The van der Waals surface area contributed by atoms with Crippen molar-refractivity contribution in [3.63, 3.8) is 0 Å². The highest BCUT2D eigenvalue weighted by molar-refractivity contribution is 6.28. The van der Waals surface area contributed by atoms with Gasteiger partial charge in [0.15, 0.2) is 0 Å². The molecule has 2 rings (SSSR count). The molecule has 0 bridgehead atoms. The van der Waals surface area contributed by atoms with Gasteiger partial charge in [-0.1, -0.05) is 19.8 Å². The van der Waals surface area contributed by atoms with E-state index in [1.54, 1.807) is 13.0 Å². The molecular weight excluding hydrogens is 262 g/mol. The van der Waals surface area contributed by atoms with Crippen molar-refractivity contribution in [3.8, 4) is 0 Å². The van der Waals surface area contributed by atoms with E-state index in [-0.39, 0.29) is 11.2 Å². The Morgan fingerprint density at radius 1 is 1.47 bits per heavy atom. The van der Waals surface area contributed by atoms with Gasteiger partial charge in [-0.05, 0) is 49.3 Å². The molecule has 19 heavy (non-hydrogen) atoms. The minimum atomic E-state index is -0.161. The highest BCUT2D eigenvalue weighted by Crippen LogP contribution is 2.27. The third-order valence-electron chi connectivity index (χ3n) is 3.66. The van der Waals surface area contributed by atoms with Gasteiger partial charge in [-0.25, -0.2) is 9.97 Å². The molecule has 1 aliphatic rings. The summed E-state index contributed by atoms with van der Waals surface area (Å²) in [6.45, 7) is 4.80. The predicted molar refractivity (Wildman–Crippen MR) is 75.2 cm³/mol. The molecule has 1 aromatic rings. The maximum Gasteiger partial charge on any atom is 0.270 e. The molecule has 1 amide bonds. The van der Waals surface area contributed by atoms with Gasteiger partial charge in [0.25, 0.3) is 5.91 Å². The molecule has 1 saturated carbocycles. The lowest BCUT2D eigenvalue weighted by Crippen LogP contribution is -2.32. The molecule has 0 aliphatic heterocycles. The lowest BCUT2D eigenvalue weighted by Gasteiger charge is -2.26. The monoisotopic (exact) mass is 281 g/mol. The van der Waals surface area contributed by atoms with Crippen molar-refractivity contribution in [2.24, 2.45) is 11.8 Å². The molecule has 1 heterocycles. The van der Waals surface area contributed by atoms with E-state index in [0.717, 1.165) is 12.5 Å². The summed E-state index contributed by atoms with van der Waals surface area (Å²) in [5.74, 6) is 1.20. The Bertz CT molecular complexity index is 444. The maximum atomic E-state index is 12.0. The zero-order chi connectivity index (χ0) is 13.8. The van der Waals surface area contributed by atoms with E-state index >= 15 is 0 Å². The SMILES string of the molecule is Cc1cc(C(=O)NCC2CCCC(C)C2)nc(Cl)n1. The number of aromatic nitrogens is 2. The summed E-state index contributed by atoms with van der Waals surface area (Å²) < 4.78 is 0. The smallest absolute Gasteiger partial charge is 0.270 e. The maximum absolute atomic E-state index is 12.0. The molecule has 4 nitrogen and oxygen atoms in total. The van der Waals surface area contributed by atoms with Gasteiger partial charge in [-0.2, -0.15) is 0 Å². The summed E-state index contributed by atoms with van der Waals surface area (Å²) >= 11 is 5.76. The number of nitrogens with one attached hydrogen (secondary N) is 1. The number of rotatable bonds is 3. The van der Waals surface area contributed by atoms with Gasteiger partial charge < -0.3 is 5.32 Å². The normalized spacial score (nSPS) is 23.1. The molecule has 0 spiro atoms. The van der Waals surface area contributed by atoms with Crippen LogP contribution in [0, 0.1) is 18.8 Å². The fraction of sp³-hybridized carbons (Fsp3) is 0.643. The van der Waals surface area contributed by atoms with Crippen LogP contribution in [0.5, 0.6) is 0 Å². The molecule has 5 heteroatoms. The second-order valence-electron chi connectivity index (χ2n) is 5.51. The molecule has 104 valence electrons. The molecule has 1 fully saturated rings. The minimum Gasteiger partial charge on any atom is -0.350 e. The number of hydrogen-bond acceptors (Lipinski definition) is 3. The first-order valence-electron chi connectivity index (χ1n) is 6.84. The summed E-state index contributed by atoms with van der Waals surface area (Å²) in [5, 5.41) is 3.08. The van der Waals surface area contributed by atoms with E-state index in [2.05, 4.69) is 22.2 Å². The Morgan fingerprint density at radius 3 is 2.95 bits per heavy atom. The lowest BCUT2D eigenvalue weighted by molar-refractivity contribution is 0.0935. The quantitative estimate of drug-likeness (QED) is 0.867. The summed E-state index contributed by atoms with van der Waals surface area (Å²) in [5.41, 5.74) is 1.05. The highest BCUT2D eigenvalue weighted by Gasteiger charge is 2.20. The second kappa shape index (κ2) is 6.33. The molecule has 0 radical (unpaired) electrons. The second-order valence-corrected chi connectivity index (χ2v) is 5.85. The number of carbonyl (C=O) groups excluding carboxylic acids is 1. The van der Waals surface area contributed by atoms with Gasteiger partial charge in [0.2, 0.25) is 5.28 Å². The molecule has 0 saturated heterocycles. The number of amides is 1. The van der Waals surface area contributed by atoms with E-state index in [4.69, 9.17) is 11.6 Å². The van der Waals surface area contributed by atoms with Crippen molar-refractivity contribution >= 4 is 17.5 Å². The van der Waals surface area contributed by atoms with Crippen LogP contribution >= 0.6 is 11.6 Å². The third kappa shape index (κ3) is 4.16. The fourth-order valence-corrected chi connectivity index (χ4v) is 2.95. The number of hydrogen-bond donors (Lipinski definition) is 1. The van der Waals surface area contributed by atoms with Crippen LogP contribution in [-0.2, 0) is 0 Å². The van der Waals surface area contributed by atoms with E-state index in [0.29, 0.717) is 17.3 Å². The first-order valence-corrected chi connectivity index (χ1v) is 7.21. The van der Waals surface area contributed by atoms with Gasteiger partial charge in [0, 0.05) is 12.2 Å². The highest BCUT2D eigenvalue weighted by atomic mass is 35.5. The topological polar surface area (TPSA) is 54.9 Å². The molecular formula is C14H20ClN3O. The molecule has 0 aromatic carbocycles. The number of aryl methyl sites for hydroxylation is 1. The van der Waals surface area contributed by atoms with Crippen molar-refractivity contribution in [1.82, 2.24) is 15.3 Å². The summed E-state index contributed by atoms with van der Waals surface area (Å²) in [6.07, 6.45) is 4.98. The van der Waals surface area contributed by atoms with E-state index in [1.807, 2.05) is 0 Å². The van der Waals surface area contributed by atoms with Gasteiger partial charge in [0.1, 0.15) is 5.69 Å². The van der Waals surface area contributed by atoms with Crippen LogP contribution in [0.2, 0.25) is 5.28 Å². The van der Waals surface area contributed by atoms with Crippen LogP contribution in [0.15, 0.2) is 6.07 Å². The third-order valence-corrected chi connectivity index (χ3v) is 3.82. The van der Waals surface area contributed by atoms with Crippen LogP contribution in [-0.4, -0.2) is 22.4 Å². The molecule has 1 aliphatic carbocycles. The van der Waals surface area contributed by atoms with Crippen molar-refractivity contribution in [1.29, 1.82) is 0 Å². The molecule has 2 unspecified atom stereocenters. The summed E-state index contributed by atoms with van der Waals surface area (Å²) in [4.78, 5) is 19.9. The van der Waals surface area contributed by atoms with Gasteiger partial charge >= 0.3 is 0 Å². The van der Waals surface area contributed by atoms with Crippen molar-refractivity contribution in [3.05, 3.63) is 22.7 Å². The van der Waals surface area contributed by atoms with Crippen molar-refractivity contribution in [2.45, 2.75) is 39.5 Å². The molecule has 1 aromatic heterocycles. The number of halogens is 1. The van der Waals surface area contributed by atoms with Gasteiger partial charge in [-0.15, -0.1) is 0 Å². The molecule has 1 N–H and O–H groups in total. The van der Waals surface area contributed by atoms with Crippen LogP contribution < -0.4 is 5.32 Å². The largest absolute Gasteiger partial charge is 0.350 e. The van der Waals surface area contributed by atoms with Crippen LogP contribution in [0.1, 0.15) is 48.8 Å². The average Bonchev–Trinajstić information content (AvgIpc) is 2.35. The summed E-state index contributed by atoms with van der Waals surface area (Å²) in [6, 6.07) is 1.66. The first kappa shape index (κ1) is 14.3. The number of carbonyl (C=O) groups is 1.